The highest BCUT2D eigenvalue weighted by Gasteiger charge is 1.52. The first-order chi connectivity index (χ1) is 3.41. The summed E-state index contributed by atoms with van der Waals surface area (Å²) in [5.41, 5.74) is 2.74. The van der Waals surface area contributed by atoms with E-state index in [-0.39, 0.29) is 0 Å². The molecule has 0 saturated heterocycles. The molecule has 0 aromatic carbocycles. The lowest BCUT2D eigenvalue weighted by molar-refractivity contribution is 1.23. The molecule has 7 heavy (non-hydrogen) atoms. The molecular weight excluding hydrogens is 86.1 g/mol. The average molecular weight is 95.1 g/mol. The third-order valence-corrected chi connectivity index (χ3v) is 0.483. The molecule has 0 aromatic heterocycles. The lowest BCUT2D eigenvalue weighted by atomic mass is 10.5. The number of aliphatic imine (C=N–C) groups is 1. The van der Waals surface area contributed by atoms with E-state index in [1.54, 1.807) is 7.05 Å². The minimum Gasteiger partial charge on any atom is -0.239 e. The Bertz CT molecular complexity index is 112. The molecule has 1 heteroatoms. The Balaban J connectivity index is 3.64. The molecule has 0 aromatic rings. The first-order valence-corrected chi connectivity index (χ1v) is 2.32. The van der Waals surface area contributed by atoms with Crippen molar-refractivity contribution in [1.82, 2.24) is 0 Å². The Labute approximate surface area is 44.1 Å². The van der Waals surface area contributed by atoms with E-state index in [0.29, 0.717) is 0 Å². The maximum Gasteiger partial charge on any atom is 0.0379 e. The summed E-state index contributed by atoms with van der Waals surface area (Å²) in [5.74, 6) is 2.57. The number of hydrogen-bond donors (Lipinski definition) is 0. The molecular formula is C6H9N. The van der Waals surface area contributed by atoms with Crippen molar-refractivity contribution >= 4 is 5.87 Å². The maximum absolute atomic E-state index is 3.58. The normalized spacial score (nSPS) is 6.00. The lowest BCUT2D eigenvalue weighted by Gasteiger charge is -1.60. The van der Waals surface area contributed by atoms with E-state index >= 15 is 0 Å². The predicted molar refractivity (Wildman–Crippen MR) is 31.7 cm³/mol. The van der Waals surface area contributed by atoms with Crippen LogP contribution in [0.2, 0.25) is 0 Å². The number of nitrogens with zero attached hydrogens (tertiary/aromatic N) is 1. The average Bonchev–Trinajstić information content (AvgIpc) is 1.69. The van der Waals surface area contributed by atoms with E-state index in [1.807, 2.05) is 13.0 Å². The molecule has 0 aliphatic rings. The van der Waals surface area contributed by atoms with Gasteiger partial charge in [0.2, 0.25) is 0 Å². The molecule has 0 unspecified atom stereocenters. The second-order valence-corrected chi connectivity index (χ2v) is 1.09. The van der Waals surface area contributed by atoms with Crippen molar-refractivity contribution in [3.8, 4) is 0 Å². The van der Waals surface area contributed by atoms with Crippen LogP contribution in [0.25, 0.3) is 0 Å². The highest BCUT2D eigenvalue weighted by Crippen LogP contribution is 1.69. The molecule has 0 aliphatic carbocycles. The number of rotatable bonds is 1. The van der Waals surface area contributed by atoms with Gasteiger partial charge in [0, 0.05) is 12.9 Å². The Morgan fingerprint density at radius 1 is 1.71 bits per heavy atom. The van der Waals surface area contributed by atoms with Gasteiger partial charge >= 0.3 is 0 Å². The predicted octanol–water partition coefficient (Wildman–Crippen LogP) is 1.41. The summed E-state index contributed by atoms with van der Waals surface area (Å²) in [6.07, 6.45) is 2.88. The van der Waals surface area contributed by atoms with Crippen molar-refractivity contribution in [1.29, 1.82) is 0 Å². The first kappa shape index (κ1) is 6.23. The van der Waals surface area contributed by atoms with Gasteiger partial charge in [-0.3, -0.25) is 0 Å². The summed E-state index contributed by atoms with van der Waals surface area (Å²) in [6, 6.07) is 0. The van der Waals surface area contributed by atoms with Crippen molar-refractivity contribution in [2.24, 2.45) is 4.99 Å². The molecule has 0 N–H and O–H groups in total. The fraction of sp³-hybridized carbons (Fsp3) is 0.500. The van der Waals surface area contributed by atoms with Crippen LogP contribution in [0, 0.1) is 0 Å². The summed E-state index contributed by atoms with van der Waals surface area (Å²) in [6.45, 7) is 2.05. The van der Waals surface area contributed by atoms with Gasteiger partial charge in [-0.15, -0.1) is 0 Å². The Morgan fingerprint density at radius 3 is 2.86 bits per heavy atom. The zero-order valence-electron chi connectivity index (χ0n) is 4.73. The fourth-order valence-electron chi connectivity index (χ4n) is 0.212. The summed E-state index contributed by atoms with van der Waals surface area (Å²) in [7, 11) is 1.68. The zero-order chi connectivity index (χ0) is 5.54. The second-order valence-electron chi connectivity index (χ2n) is 1.09. The van der Waals surface area contributed by atoms with Crippen LogP contribution in [-0.2, 0) is 0 Å². The third kappa shape index (κ3) is 5.23. The lowest BCUT2D eigenvalue weighted by Crippen LogP contribution is -1.47. The van der Waals surface area contributed by atoms with E-state index < -0.39 is 0 Å². The van der Waals surface area contributed by atoms with Crippen LogP contribution in [0.3, 0.4) is 0 Å². The van der Waals surface area contributed by atoms with Gasteiger partial charge in [0.05, 0.1) is 0 Å². The molecule has 0 radical (unpaired) electrons. The van der Waals surface area contributed by atoms with Crippen molar-refractivity contribution < 1.29 is 0 Å². The smallest absolute Gasteiger partial charge is 0.0379 e. The fourth-order valence-corrected chi connectivity index (χ4v) is 0.212. The molecule has 38 valence electrons. The summed E-state index contributed by atoms with van der Waals surface area (Å²) >= 11 is 0. The molecule has 0 bridgehead atoms. The Hall–Kier alpha value is -0.770. The van der Waals surface area contributed by atoms with Crippen LogP contribution >= 0.6 is 0 Å². The monoisotopic (exact) mass is 95.1 g/mol. The van der Waals surface area contributed by atoms with Gasteiger partial charge in [-0.05, 0) is 12.5 Å². The van der Waals surface area contributed by atoms with E-state index in [4.69, 9.17) is 0 Å². The molecule has 0 heterocycles. The quantitative estimate of drug-likeness (QED) is 0.345. The van der Waals surface area contributed by atoms with Crippen molar-refractivity contribution in [3.05, 3.63) is 11.8 Å². The van der Waals surface area contributed by atoms with Gasteiger partial charge in [-0.25, -0.2) is 4.99 Å². The number of allylic oxidation sites excluding steroid dienone is 1. The van der Waals surface area contributed by atoms with E-state index in [0.717, 1.165) is 6.42 Å². The molecule has 0 spiro atoms. The summed E-state index contributed by atoms with van der Waals surface area (Å²) in [5, 5.41) is 0. The molecule has 0 rings (SSSR count). The van der Waals surface area contributed by atoms with Gasteiger partial charge in [0.15, 0.2) is 0 Å². The van der Waals surface area contributed by atoms with Gasteiger partial charge in [-0.2, -0.15) is 0 Å². The maximum atomic E-state index is 3.58. The van der Waals surface area contributed by atoms with Crippen LogP contribution in [0.4, 0.5) is 0 Å². The molecule has 0 amide bonds. The van der Waals surface area contributed by atoms with Crippen molar-refractivity contribution in [3.63, 3.8) is 0 Å². The second kappa shape index (κ2) is 5.23. The Morgan fingerprint density at radius 2 is 2.43 bits per heavy atom. The summed E-state index contributed by atoms with van der Waals surface area (Å²) in [4.78, 5) is 3.58. The summed E-state index contributed by atoms with van der Waals surface area (Å²) < 4.78 is 0. The SMILES string of the molecule is CCC=C=C=NC. The third-order valence-electron chi connectivity index (χ3n) is 0.483. The van der Waals surface area contributed by atoms with E-state index in [1.165, 1.54) is 0 Å². The minimum atomic E-state index is 1.00. The molecule has 1 nitrogen and oxygen atoms in total. The van der Waals surface area contributed by atoms with Gasteiger partial charge in [0.25, 0.3) is 0 Å². The van der Waals surface area contributed by atoms with Gasteiger partial charge in [-0.1, -0.05) is 12.7 Å². The Kier molecular flexibility index (Phi) is 4.65. The van der Waals surface area contributed by atoms with E-state index in [9.17, 15) is 0 Å². The van der Waals surface area contributed by atoms with Crippen LogP contribution in [0.1, 0.15) is 13.3 Å². The first-order valence-electron chi connectivity index (χ1n) is 2.32. The van der Waals surface area contributed by atoms with Crippen LogP contribution in [0.15, 0.2) is 16.8 Å². The van der Waals surface area contributed by atoms with Crippen molar-refractivity contribution in [2.75, 3.05) is 7.05 Å². The topological polar surface area (TPSA) is 12.4 Å². The van der Waals surface area contributed by atoms with Crippen LogP contribution < -0.4 is 0 Å². The standard InChI is InChI=1S/C6H9N/c1-3-4-5-6-7-2/h4H,3H2,1-2H3. The number of hydrogen-bond acceptors (Lipinski definition) is 1. The van der Waals surface area contributed by atoms with Crippen LogP contribution in [-0.4, -0.2) is 12.9 Å². The van der Waals surface area contributed by atoms with Crippen LogP contribution in [0.5, 0.6) is 0 Å². The molecule has 0 saturated carbocycles. The largest absolute Gasteiger partial charge is 0.239 e. The minimum absolute atomic E-state index is 1.00. The van der Waals surface area contributed by atoms with Gasteiger partial charge < -0.3 is 0 Å². The highest BCUT2D eigenvalue weighted by atomic mass is 14.6. The van der Waals surface area contributed by atoms with Crippen molar-refractivity contribution in [2.45, 2.75) is 13.3 Å². The van der Waals surface area contributed by atoms with Gasteiger partial charge in [0.1, 0.15) is 0 Å². The van der Waals surface area contributed by atoms with E-state index in [2.05, 4.69) is 16.6 Å². The highest BCUT2D eigenvalue weighted by molar-refractivity contribution is 5.49. The molecule has 0 atom stereocenters. The zero-order valence-corrected chi connectivity index (χ0v) is 4.73. The molecule has 0 aliphatic heterocycles. The molecule has 0 fully saturated rings.